The zero-order valence-electron chi connectivity index (χ0n) is 24.2. The van der Waals surface area contributed by atoms with Crippen LogP contribution in [0.3, 0.4) is 0 Å². The molecule has 0 spiro atoms. The van der Waals surface area contributed by atoms with E-state index in [0.717, 1.165) is 16.1 Å². The maximum atomic E-state index is 12.6. The third kappa shape index (κ3) is 7.01. The maximum Gasteiger partial charge on any atom is 0.240 e. The van der Waals surface area contributed by atoms with E-state index < -0.39 is 15.9 Å². The first-order valence-electron chi connectivity index (χ1n) is 13.1. The number of carbonyl (C=O) groups is 1. The van der Waals surface area contributed by atoms with E-state index in [4.69, 9.17) is 14.5 Å². The number of aromatic hydroxyl groups is 1. The number of amides is 1. The van der Waals surface area contributed by atoms with Gasteiger partial charge in [0, 0.05) is 30.1 Å². The summed E-state index contributed by atoms with van der Waals surface area (Å²) >= 11 is 0. The van der Waals surface area contributed by atoms with Gasteiger partial charge in [0.25, 0.3) is 0 Å². The average Bonchev–Trinajstić information content (AvgIpc) is 3.28. The van der Waals surface area contributed by atoms with Crippen molar-refractivity contribution in [3.8, 4) is 17.4 Å². The fourth-order valence-electron chi connectivity index (χ4n) is 4.44. The molecule has 0 atom stereocenters. The van der Waals surface area contributed by atoms with Crippen LogP contribution in [0.5, 0.6) is 17.4 Å². The van der Waals surface area contributed by atoms with Crippen LogP contribution in [-0.4, -0.2) is 89.2 Å². The number of hydrogen-bond donors (Lipinski definition) is 3. The van der Waals surface area contributed by atoms with E-state index in [9.17, 15) is 18.3 Å². The molecule has 12 heteroatoms. The molecule has 0 aliphatic rings. The number of likely N-dealkylation sites (N-methyl/N-ethyl adjacent to an activating group) is 1. The van der Waals surface area contributed by atoms with Crippen LogP contribution in [0.2, 0.25) is 0 Å². The van der Waals surface area contributed by atoms with E-state index in [1.807, 2.05) is 49.3 Å². The van der Waals surface area contributed by atoms with Crippen molar-refractivity contribution in [3.63, 3.8) is 0 Å². The minimum atomic E-state index is -3.74. The number of aliphatic imine (C=N–C) groups is 1. The van der Waals surface area contributed by atoms with Crippen molar-refractivity contribution in [2.45, 2.75) is 0 Å². The van der Waals surface area contributed by atoms with Crippen molar-refractivity contribution in [2.75, 3.05) is 58.5 Å². The molecule has 0 fully saturated rings. The Hall–Kier alpha value is -4.55. The molecular formula is C30H35N5O6S. The van der Waals surface area contributed by atoms with Gasteiger partial charge in [0.15, 0.2) is 17.4 Å². The molecular weight excluding hydrogens is 558 g/mol. The van der Waals surface area contributed by atoms with E-state index in [1.54, 1.807) is 36.4 Å². The zero-order valence-corrected chi connectivity index (χ0v) is 25.0. The van der Waals surface area contributed by atoms with Crippen molar-refractivity contribution in [1.29, 1.82) is 0 Å². The van der Waals surface area contributed by atoms with Gasteiger partial charge in [-0.15, -0.1) is 0 Å². The van der Waals surface area contributed by atoms with Gasteiger partial charge in [0.2, 0.25) is 15.9 Å². The number of aromatic nitrogens is 1. The van der Waals surface area contributed by atoms with E-state index in [-0.39, 0.29) is 12.4 Å². The van der Waals surface area contributed by atoms with Gasteiger partial charge in [-0.25, -0.2) is 13.4 Å². The standard InChI is InChI=1S/C30H35N5O6S/c1-34(2)16-15-31-27(36)19-35(42(5,38)39)22-13-11-21(12-14-22)32-29(20-9-7-6-8-10-20)28-23-17-25(40-3)26(41-4)18-24(23)33-30(28)37/h6-14,17-18,33,37H,15-16,19H2,1-5H3,(H,31,36). The third-order valence-corrected chi connectivity index (χ3v) is 7.65. The third-order valence-electron chi connectivity index (χ3n) is 6.51. The lowest BCUT2D eigenvalue weighted by Crippen LogP contribution is -2.42. The summed E-state index contributed by atoms with van der Waals surface area (Å²) in [5.74, 6) is 0.516. The molecule has 222 valence electrons. The van der Waals surface area contributed by atoms with Gasteiger partial charge in [0.1, 0.15) is 6.54 Å². The Kier molecular flexibility index (Phi) is 9.38. The summed E-state index contributed by atoms with van der Waals surface area (Å²) in [5, 5.41) is 14.4. The zero-order chi connectivity index (χ0) is 30.4. The summed E-state index contributed by atoms with van der Waals surface area (Å²) in [5.41, 5.74) is 3.17. The second-order valence-corrected chi connectivity index (χ2v) is 11.8. The molecule has 3 N–H and O–H groups in total. The lowest BCUT2D eigenvalue weighted by molar-refractivity contribution is -0.119. The van der Waals surface area contributed by atoms with Gasteiger partial charge in [0.05, 0.1) is 48.6 Å². The molecule has 0 bridgehead atoms. The van der Waals surface area contributed by atoms with Crippen LogP contribution in [0.1, 0.15) is 11.1 Å². The normalized spacial score (nSPS) is 12.0. The smallest absolute Gasteiger partial charge is 0.240 e. The Labute approximate surface area is 245 Å². The van der Waals surface area contributed by atoms with Crippen molar-refractivity contribution in [2.24, 2.45) is 4.99 Å². The Morgan fingerprint density at radius 2 is 1.64 bits per heavy atom. The lowest BCUT2D eigenvalue weighted by Gasteiger charge is -2.22. The van der Waals surface area contributed by atoms with Crippen LogP contribution < -0.4 is 19.1 Å². The van der Waals surface area contributed by atoms with Crippen LogP contribution in [-0.2, 0) is 14.8 Å². The van der Waals surface area contributed by atoms with Gasteiger partial charge in [-0.3, -0.25) is 9.10 Å². The molecule has 11 nitrogen and oxygen atoms in total. The number of ether oxygens (including phenoxy) is 2. The number of carbonyl (C=O) groups excluding carboxylic acids is 1. The number of aromatic amines is 1. The van der Waals surface area contributed by atoms with Crippen molar-refractivity contribution < 1.29 is 27.8 Å². The van der Waals surface area contributed by atoms with Crippen LogP contribution in [0.25, 0.3) is 10.9 Å². The number of fused-ring (bicyclic) bond motifs is 1. The first-order chi connectivity index (χ1) is 20.0. The summed E-state index contributed by atoms with van der Waals surface area (Å²) in [4.78, 5) is 22.3. The number of hydrogen-bond acceptors (Lipinski definition) is 8. The fourth-order valence-corrected chi connectivity index (χ4v) is 5.29. The molecule has 1 aromatic heterocycles. The quantitative estimate of drug-likeness (QED) is 0.214. The first kappa shape index (κ1) is 30.4. The summed E-state index contributed by atoms with van der Waals surface area (Å²) in [6.45, 7) is 0.685. The Bertz CT molecular complexity index is 1680. The molecule has 3 aromatic carbocycles. The van der Waals surface area contributed by atoms with Gasteiger partial charge in [-0.2, -0.15) is 0 Å². The first-order valence-corrected chi connectivity index (χ1v) is 15.0. The fraction of sp³-hybridized carbons (Fsp3) is 0.267. The molecule has 0 saturated heterocycles. The van der Waals surface area contributed by atoms with Gasteiger partial charge in [-0.1, -0.05) is 30.3 Å². The van der Waals surface area contributed by atoms with E-state index in [2.05, 4.69) is 10.3 Å². The van der Waals surface area contributed by atoms with Gasteiger partial charge < -0.3 is 29.8 Å². The number of nitrogens with one attached hydrogen (secondary N) is 2. The summed E-state index contributed by atoms with van der Waals surface area (Å²) in [6, 6.07) is 19.4. The number of nitrogens with zero attached hydrogens (tertiary/aromatic N) is 3. The predicted molar refractivity (Wildman–Crippen MR) is 165 cm³/mol. The molecule has 1 amide bonds. The molecule has 0 saturated carbocycles. The number of benzene rings is 3. The second-order valence-electron chi connectivity index (χ2n) is 9.87. The number of sulfonamides is 1. The number of methoxy groups -OCH3 is 2. The highest BCUT2D eigenvalue weighted by molar-refractivity contribution is 7.92. The molecule has 0 aliphatic carbocycles. The Morgan fingerprint density at radius 3 is 2.24 bits per heavy atom. The minimum Gasteiger partial charge on any atom is -0.494 e. The van der Waals surface area contributed by atoms with Crippen LogP contribution in [0.4, 0.5) is 11.4 Å². The lowest BCUT2D eigenvalue weighted by atomic mass is 10.0. The highest BCUT2D eigenvalue weighted by atomic mass is 32.2. The second kappa shape index (κ2) is 13.0. The SMILES string of the molecule is COc1cc2[nH]c(O)c(C(=Nc3ccc(N(CC(=O)NCCN(C)C)S(C)(=O)=O)cc3)c3ccccc3)c2cc1OC. The van der Waals surface area contributed by atoms with Crippen molar-refractivity contribution in [1.82, 2.24) is 15.2 Å². The minimum absolute atomic E-state index is 0.0805. The van der Waals surface area contributed by atoms with Gasteiger partial charge in [-0.05, 0) is 44.4 Å². The van der Waals surface area contributed by atoms with Crippen LogP contribution >= 0.6 is 0 Å². The molecule has 42 heavy (non-hydrogen) atoms. The molecule has 0 unspecified atom stereocenters. The summed E-state index contributed by atoms with van der Waals surface area (Å²) < 4.78 is 37.1. The highest BCUT2D eigenvalue weighted by Crippen LogP contribution is 2.38. The highest BCUT2D eigenvalue weighted by Gasteiger charge is 2.23. The average molecular weight is 594 g/mol. The van der Waals surface area contributed by atoms with E-state index in [1.165, 1.54) is 14.2 Å². The Morgan fingerprint density at radius 1 is 1.00 bits per heavy atom. The largest absolute Gasteiger partial charge is 0.494 e. The van der Waals surface area contributed by atoms with Crippen LogP contribution in [0, 0.1) is 0 Å². The molecule has 4 aromatic rings. The van der Waals surface area contributed by atoms with E-state index >= 15 is 0 Å². The number of H-pyrrole nitrogens is 1. The van der Waals surface area contributed by atoms with Crippen molar-refractivity contribution in [3.05, 3.63) is 77.9 Å². The van der Waals surface area contributed by atoms with Crippen molar-refractivity contribution >= 4 is 43.9 Å². The molecule has 1 heterocycles. The predicted octanol–water partition coefficient (Wildman–Crippen LogP) is 3.50. The monoisotopic (exact) mass is 593 g/mol. The molecule has 0 radical (unpaired) electrons. The summed E-state index contributed by atoms with van der Waals surface area (Å²) in [6.07, 6.45) is 1.06. The maximum absolute atomic E-state index is 12.6. The van der Waals surface area contributed by atoms with Gasteiger partial charge >= 0.3 is 0 Å². The topological polar surface area (TPSA) is 137 Å². The molecule has 4 rings (SSSR count). The number of rotatable bonds is 12. The summed E-state index contributed by atoms with van der Waals surface area (Å²) in [7, 11) is 3.10. The number of anilines is 1. The Balaban J connectivity index is 1.74. The van der Waals surface area contributed by atoms with Crippen LogP contribution in [0.15, 0.2) is 71.7 Å². The van der Waals surface area contributed by atoms with E-state index in [0.29, 0.717) is 58.1 Å². The molecule has 0 aliphatic heterocycles.